The van der Waals surface area contributed by atoms with Gasteiger partial charge in [-0.05, 0) is 43.5 Å². The monoisotopic (exact) mass is 409 g/mol. The molecule has 0 saturated heterocycles. The van der Waals surface area contributed by atoms with Crippen LogP contribution in [0.2, 0.25) is 0 Å². The van der Waals surface area contributed by atoms with E-state index in [-0.39, 0.29) is 12.5 Å². The number of aryl methyl sites for hydroxylation is 2. The first-order valence-electron chi connectivity index (χ1n) is 10.1. The Morgan fingerprint density at radius 1 is 1.20 bits per heavy atom. The zero-order chi connectivity index (χ0) is 21.7. The summed E-state index contributed by atoms with van der Waals surface area (Å²) in [6.07, 6.45) is 0.123. The molecule has 1 heterocycles. The standard InChI is InChI=1S/C24H27NO5/c1-4-8-18-13-22(27)30-23-15(2)21(12-11-19(18)23)29-16(3)24(28)25-14-20(26)17-9-6-5-7-10-17/h5-7,9-13,16,20,26H,4,8,14H2,1-3H3,(H,25,28)/t16-,20-/m0/s1. The lowest BCUT2D eigenvalue weighted by Gasteiger charge is -2.18. The quantitative estimate of drug-likeness (QED) is 0.554. The summed E-state index contributed by atoms with van der Waals surface area (Å²) in [4.78, 5) is 24.4. The van der Waals surface area contributed by atoms with Gasteiger partial charge >= 0.3 is 5.63 Å². The van der Waals surface area contributed by atoms with Gasteiger partial charge in [0, 0.05) is 23.6 Å². The van der Waals surface area contributed by atoms with E-state index >= 15 is 0 Å². The highest BCUT2D eigenvalue weighted by Crippen LogP contribution is 2.29. The molecule has 0 unspecified atom stereocenters. The lowest BCUT2D eigenvalue weighted by atomic mass is 10.0. The molecule has 3 aromatic rings. The zero-order valence-electron chi connectivity index (χ0n) is 17.5. The predicted molar refractivity (Wildman–Crippen MR) is 116 cm³/mol. The highest BCUT2D eigenvalue weighted by atomic mass is 16.5. The summed E-state index contributed by atoms with van der Waals surface area (Å²) in [5.41, 5.74) is 2.43. The fourth-order valence-electron chi connectivity index (χ4n) is 3.39. The molecular formula is C24H27NO5. The van der Waals surface area contributed by atoms with Crippen LogP contribution in [0.15, 0.2) is 57.7 Å². The molecule has 1 aromatic heterocycles. The Morgan fingerprint density at radius 2 is 1.93 bits per heavy atom. The normalized spacial score (nSPS) is 13.1. The van der Waals surface area contributed by atoms with Gasteiger partial charge in [-0.1, -0.05) is 43.7 Å². The number of ether oxygens (including phenoxy) is 1. The van der Waals surface area contributed by atoms with Crippen LogP contribution in [-0.2, 0) is 11.2 Å². The van der Waals surface area contributed by atoms with Crippen LogP contribution in [0.25, 0.3) is 11.0 Å². The number of amides is 1. The SMILES string of the molecule is CCCc1cc(=O)oc2c(C)c(O[C@@H](C)C(=O)NC[C@H](O)c3ccccc3)ccc12. The van der Waals surface area contributed by atoms with E-state index in [0.717, 1.165) is 29.4 Å². The summed E-state index contributed by atoms with van der Waals surface area (Å²) < 4.78 is 11.3. The smallest absolute Gasteiger partial charge is 0.336 e. The molecule has 0 radical (unpaired) electrons. The minimum atomic E-state index is -0.795. The van der Waals surface area contributed by atoms with Crippen LogP contribution in [0, 0.1) is 6.92 Å². The van der Waals surface area contributed by atoms with Gasteiger partial charge in [0.1, 0.15) is 11.3 Å². The van der Waals surface area contributed by atoms with Crippen LogP contribution in [0.4, 0.5) is 0 Å². The number of carbonyl (C=O) groups is 1. The number of hydrogen-bond acceptors (Lipinski definition) is 5. The average Bonchev–Trinajstić information content (AvgIpc) is 2.74. The Balaban J connectivity index is 1.71. The van der Waals surface area contributed by atoms with Gasteiger partial charge in [-0.15, -0.1) is 0 Å². The molecule has 0 saturated carbocycles. The molecule has 0 aliphatic heterocycles. The molecule has 1 amide bonds. The number of nitrogens with one attached hydrogen (secondary N) is 1. The summed E-state index contributed by atoms with van der Waals surface area (Å²) in [7, 11) is 0. The molecule has 6 nitrogen and oxygen atoms in total. The lowest BCUT2D eigenvalue weighted by molar-refractivity contribution is -0.127. The van der Waals surface area contributed by atoms with E-state index in [4.69, 9.17) is 9.15 Å². The van der Waals surface area contributed by atoms with Crippen LogP contribution in [0.1, 0.15) is 43.1 Å². The van der Waals surface area contributed by atoms with Crippen molar-refractivity contribution in [2.45, 2.75) is 45.8 Å². The molecule has 0 fully saturated rings. The van der Waals surface area contributed by atoms with Gasteiger partial charge in [0.25, 0.3) is 5.91 Å². The Labute approximate surface area is 175 Å². The molecular weight excluding hydrogens is 382 g/mol. The minimum absolute atomic E-state index is 0.0858. The van der Waals surface area contributed by atoms with Gasteiger partial charge in [0.15, 0.2) is 6.10 Å². The maximum atomic E-state index is 12.4. The summed E-state index contributed by atoms with van der Waals surface area (Å²) in [5.74, 6) is 0.135. The average molecular weight is 409 g/mol. The Bertz CT molecular complexity index is 1070. The number of carbonyl (C=O) groups excluding carboxylic acids is 1. The van der Waals surface area contributed by atoms with E-state index in [9.17, 15) is 14.7 Å². The van der Waals surface area contributed by atoms with Gasteiger partial charge in [-0.2, -0.15) is 0 Å². The van der Waals surface area contributed by atoms with Gasteiger partial charge in [0.05, 0.1) is 6.10 Å². The van der Waals surface area contributed by atoms with Crippen molar-refractivity contribution in [1.82, 2.24) is 5.32 Å². The third-order valence-corrected chi connectivity index (χ3v) is 5.04. The molecule has 0 spiro atoms. The highest BCUT2D eigenvalue weighted by molar-refractivity contribution is 5.85. The number of aliphatic hydroxyl groups is 1. The van der Waals surface area contributed by atoms with Crippen molar-refractivity contribution in [3.05, 3.63) is 75.6 Å². The number of hydrogen-bond donors (Lipinski definition) is 2. The van der Waals surface area contributed by atoms with Crippen LogP contribution in [0.3, 0.4) is 0 Å². The topological polar surface area (TPSA) is 88.8 Å². The number of aliphatic hydroxyl groups excluding tert-OH is 1. The summed E-state index contributed by atoms with van der Waals surface area (Å²) >= 11 is 0. The second-order valence-corrected chi connectivity index (χ2v) is 7.34. The van der Waals surface area contributed by atoms with Crippen LogP contribution in [0.5, 0.6) is 5.75 Å². The fraction of sp³-hybridized carbons (Fsp3) is 0.333. The first-order chi connectivity index (χ1) is 14.4. The second kappa shape index (κ2) is 9.59. The van der Waals surface area contributed by atoms with E-state index in [1.807, 2.05) is 24.3 Å². The van der Waals surface area contributed by atoms with Crippen LogP contribution in [-0.4, -0.2) is 23.7 Å². The van der Waals surface area contributed by atoms with Crippen molar-refractivity contribution in [2.75, 3.05) is 6.54 Å². The Hall–Kier alpha value is -3.12. The lowest BCUT2D eigenvalue weighted by Crippen LogP contribution is -2.38. The zero-order valence-corrected chi connectivity index (χ0v) is 17.5. The van der Waals surface area contributed by atoms with Crippen LogP contribution < -0.4 is 15.7 Å². The van der Waals surface area contributed by atoms with Gasteiger partial charge in [-0.3, -0.25) is 4.79 Å². The molecule has 6 heteroatoms. The van der Waals surface area contributed by atoms with E-state index in [1.54, 1.807) is 32.0 Å². The Kier molecular flexibility index (Phi) is 6.90. The van der Waals surface area contributed by atoms with Crippen molar-refractivity contribution >= 4 is 16.9 Å². The maximum absolute atomic E-state index is 12.4. The van der Waals surface area contributed by atoms with Gasteiger partial charge in [-0.25, -0.2) is 4.79 Å². The minimum Gasteiger partial charge on any atom is -0.480 e. The van der Waals surface area contributed by atoms with E-state index in [2.05, 4.69) is 12.2 Å². The highest BCUT2D eigenvalue weighted by Gasteiger charge is 2.19. The first-order valence-corrected chi connectivity index (χ1v) is 10.1. The van der Waals surface area contributed by atoms with Crippen LogP contribution >= 0.6 is 0 Å². The second-order valence-electron chi connectivity index (χ2n) is 7.34. The van der Waals surface area contributed by atoms with Crippen molar-refractivity contribution in [1.29, 1.82) is 0 Å². The molecule has 0 aliphatic rings. The van der Waals surface area contributed by atoms with Crippen molar-refractivity contribution in [3.8, 4) is 5.75 Å². The molecule has 2 atom stereocenters. The van der Waals surface area contributed by atoms with Gasteiger partial charge < -0.3 is 19.6 Å². The number of benzene rings is 2. The molecule has 0 aliphatic carbocycles. The summed E-state index contributed by atoms with van der Waals surface area (Å²) in [6, 6.07) is 14.3. The summed E-state index contributed by atoms with van der Waals surface area (Å²) in [6.45, 7) is 5.58. The van der Waals surface area contributed by atoms with E-state index in [0.29, 0.717) is 16.9 Å². The maximum Gasteiger partial charge on any atom is 0.336 e. The summed E-state index contributed by atoms with van der Waals surface area (Å²) in [5, 5.41) is 13.8. The molecule has 158 valence electrons. The van der Waals surface area contributed by atoms with Crippen molar-refractivity contribution in [2.24, 2.45) is 0 Å². The number of fused-ring (bicyclic) bond motifs is 1. The fourth-order valence-corrected chi connectivity index (χ4v) is 3.39. The van der Waals surface area contributed by atoms with Crippen molar-refractivity contribution < 1.29 is 19.1 Å². The molecule has 0 bridgehead atoms. The molecule has 30 heavy (non-hydrogen) atoms. The number of rotatable bonds is 8. The largest absolute Gasteiger partial charge is 0.480 e. The Morgan fingerprint density at radius 3 is 2.63 bits per heavy atom. The third-order valence-electron chi connectivity index (χ3n) is 5.04. The molecule has 2 N–H and O–H groups in total. The van der Waals surface area contributed by atoms with E-state index in [1.165, 1.54) is 6.07 Å². The third kappa shape index (κ3) is 4.89. The van der Waals surface area contributed by atoms with E-state index < -0.39 is 17.8 Å². The predicted octanol–water partition coefficient (Wildman–Crippen LogP) is 3.67. The molecule has 3 rings (SSSR count). The van der Waals surface area contributed by atoms with Gasteiger partial charge in [0.2, 0.25) is 0 Å². The first kappa shape index (κ1) is 21.6. The van der Waals surface area contributed by atoms with Crippen molar-refractivity contribution in [3.63, 3.8) is 0 Å². The molecule has 2 aromatic carbocycles.